The molecular formula is C28H37N7O2. The Hall–Kier alpha value is -3.69. The molecule has 1 saturated heterocycles. The van der Waals surface area contributed by atoms with Crippen LogP contribution in [0.15, 0.2) is 54.9 Å². The number of hydrogen-bond acceptors (Lipinski definition) is 7. The van der Waals surface area contributed by atoms with Crippen LogP contribution in [0.25, 0.3) is 0 Å². The fraction of sp³-hybridized carbons (Fsp3) is 0.393. The first-order valence-corrected chi connectivity index (χ1v) is 12.8. The Kier molecular flexibility index (Phi) is 8.92. The van der Waals surface area contributed by atoms with E-state index in [0.717, 1.165) is 60.9 Å². The Morgan fingerprint density at radius 1 is 1.03 bits per heavy atom. The molecule has 0 unspecified atom stereocenters. The lowest BCUT2D eigenvalue weighted by molar-refractivity contribution is 0.210. The zero-order valence-corrected chi connectivity index (χ0v) is 22.2. The predicted molar refractivity (Wildman–Crippen MR) is 150 cm³/mol. The first-order chi connectivity index (χ1) is 18.0. The maximum atomic E-state index is 13.7. The Morgan fingerprint density at radius 2 is 1.73 bits per heavy atom. The number of nitrogens with zero attached hydrogens (tertiary/aromatic N) is 5. The molecule has 0 bridgehead atoms. The van der Waals surface area contributed by atoms with E-state index in [2.05, 4.69) is 49.5 Å². The van der Waals surface area contributed by atoms with Gasteiger partial charge in [0.1, 0.15) is 18.0 Å². The fourth-order valence-electron chi connectivity index (χ4n) is 4.51. The van der Waals surface area contributed by atoms with Crippen LogP contribution in [0.4, 0.5) is 33.5 Å². The van der Waals surface area contributed by atoms with Gasteiger partial charge in [-0.2, -0.15) is 0 Å². The summed E-state index contributed by atoms with van der Waals surface area (Å²) >= 11 is 0. The van der Waals surface area contributed by atoms with Gasteiger partial charge >= 0.3 is 6.03 Å². The highest BCUT2D eigenvalue weighted by atomic mass is 16.5. The number of amides is 2. The van der Waals surface area contributed by atoms with Crippen LogP contribution in [0, 0.1) is 13.8 Å². The van der Waals surface area contributed by atoms with Gasteiger partial charge in [0, 0.05) is 57.3 Å². The van der Waals surface area contributed by atoms with Gasteiger partial charge in [-0.1, -0.05) is 25.1 Å². The number of aromatic nitrogens is 2. The number of nitrogens with one attached hydrogen (secondary N) is 2. The number of methoxy groups -OCH3 is 1. The van der Waals surface area contributed by atoms with Crippen LogP contribution in [-0.4, -0.2) is 73.9 Å². The molecule has 1 fully saturated rings. The molecule has 2 N–H and O–H groups in total. The van der Waals surface area contributed by atoms with Gasteiger partial charge in [-0.05, 0) is 55.8 Å². The maximum absolute atomic E-state index is 13.7. The van der Waals surface area contributed by atoms with Gasteiger partial charge in [0.25, 0.3) is 0 Å². The highest BCUT2D eigenvalue weighted by molar-refractivity contribution is 6.07. The molecule has 9 nitrogen and oxygen atoms in total. The number of anilines is 5. The van der Waals surface area contributed by atoms with E-state index < -0.39 is 0 Å². The summed E-state index contributed by atoms with van der Waals surface area (Å²) in [5.74, 6) is 1.10. The number of piperazine rings is 1. The van der Waals surface area contributed by atoms with Crippen LogP contribution in [0.3, 0.4) is 0 Å². The number of urea groups is 1. The molecule has 2 heterocycles. The van der Waals surface area contributed by atoms with E-state index in [1.807, 2.05) is 44.2 Å². The highest BCUT2D eigenvalue weighted by Gasteiger charge is 2.22. The SMILES string of the molecule is CCN1CCN(c2ccc(N(C(=O)Nc3c(C)cccc3C)c3cc(NCCOC)ncn3)cc2)CC1. The number of hydrogen-bond donors (Lipinski definition) is 2. The van der Waals surface area contributed by atoms with Crippen LogP contribution >= 0.6 is 0 Å². The number of para-hydroxylation sites is 1. The van der Waals surface area contributed by atoms with Crippen molar-refractivity contribution in [1.29, 1.82) is 0 Å². The smallest absolute Gasteiger partial charge is 0.332 e. The Morgan fingerprint density at radius 3 is 2.38 bits per heavy atom. The largest absolute Gasteiger partial charge is 0.383 e. The van der Waals surface area contributed by atoms with Crippen LogP contribution in [0.5, 0.6) is 0 Å². The lowest BCUT2D eigenvalue weighted by atomic mass is 10.1. The van der Waals surface area contributed by atoms with E-state index in [4.69, 9.17) is 4.74 Å². The molecule has 9 heteroatoms. The number of rotatable bonds is 9. The van der Waals surface area contributed by atoms with Gasteiger partial charge < -0.3 is 25.2 Å². The first-order valence-electron chi connectivity index (χ1n) is 12.8. The summed E-state index contributed by atoms with van der Waals surface area (Å²) in [7, 11) is 1.65. The number of aryl methyl sites for hydroxylation is 2. The Labute approximate surface area is 219 Å². The minimum atomic E-state index is -0.289. The average Bonchev–Trinajstić information content (AvgIpc) is 2.92. The topological polar surface area (TPSA) is 85.9 Å². The van der Waals surface area contributed by atoms with Crippen LogP contribution < -0.4 is 20.4 Å². The molecule has 4 rings (SSSR count). The third kappa shape index (κ3) is 6.55. The Bertz CT molecular complexity index is 1160. The monoisotopic (exact) mass is 503 g/mol. The number of ether oxygens (including phenoxy) is 1. The first kappa shape index (κ1) is 26.4. The molecule has 0 saturated carbocycles. The van der Waals surface area contributed by atoms with Gasteiger partial charge in [-0.3, -0.25) is 0 Å². The second-order valence-electron chi connectivity index (χ2n) is 9.15. The van der Waals surface area contributed by atoms with E-state index in [0.29, 0.717) is 24.8 Å². The van der Waals surface area contributed by atoms with Crippen molar-refractivity contribution in [2.45, 2.75) is 20.8 Å². The molecule has 1 aliphatic heterocycles. The van der Waals surface area contributed by atoms with Crippen molar-refractivity contribution in [2.24, 2.45) is 0 Å². The molecule has 2 aromatic carbocycles. The third-order valence-corrected chi connectivity index (χ3v) is 6.70. The van der Waals surface area contributed by atoms with Crippen LogP contribution in [-0.2, 0) is 4.74 Å². The Balaban J connectivity index is 1.62. The number of likely N-dealkylation sites (N-methyl/N-ethyl adjacent to an activating group) is 1. The third-order valence-electron chi connectivity index (χ3n) is 6.70. The number of carbonyl (C=O) groups is 1. The van der Waals surface area contributed by atoms with Gasteiger partial charge in [0.15, 0.2) is 0 Å². The second-order valence-corrected chi connectivity index (χ2v) is 9.15. The lowest BCUT2D eigenvalue weighted by Gasteiger charge is -2.35. The van der Waals surface area contributed by atoms with Crippen LogP contribution in [0.1, 0.15) is 18.1 Å². The molecule has 2 amide bonds. The molecule has 0 spiro atoms. The van der Waals surface area contributed by atoms with Gasteiger partial charge in [-0.15, -0.1) is 0 Å². The summed E-state index contributed by atoms with van der Waals surface area (Å²) < 4.78 is 5.12. The highest BCUT2D eigenvalue weighted by Crippen LogP contribution is 2.30. The summed E-state index contributed by atoms with van der Waals surface area (Å²) in [6.07, 6.45) is 1.46. The van der Waals surface area contributed by atoms with Crippen molar-refractivity contribution >= 4 is 34.7 Å². The zero-order chi connectivity index (χ0) is 26.2. The van der Waals surface area contributed by atoms with E-state index in [1.165, 1.54) is 6.33 Å². The number of carbonyl (C=O) groups excluding carboxylic acids is 1. The quantitative estimate of drug-likeness (QED) is 0.411. The maximum Gasteiger partial charge on any atom is 0.332 e. The fourth-order valence-corrected chi connectivity index (χ4v) is 4.51. The molecular weight excluding hydrogens is 466 g/mol. The lowest BCUT2D eigenvalue weighted by Crippen LogP contribution is -2.46. The molecule has 37 heavy (non-hydrogen) atoms. The molecule has 0 aliphatic carbocycles. The van der Waals surface area contributed by atoms with Crippen molar-refractivity contribution in [2.75, 3.05) is 73.4 Å². The van der Waals surface area contributed by atoms with Gasteiger partial charge in [0.05, 0.1) is 12.3 Å². The van der Waals surface area contributed by atoms with E-state index in [-0.39, 0.29) is 6.03 Å². The molecule has 0 atom stereocenters. The molecule has 1 aliphatic rings. The predicted octanol–water partition coefficient (Wildman–Crippen LogP) is 4.66. The van der Waals surface area contributed by atoms with E-state index in [1.54, 1.807) is 18.1 Å². The van der Waals surface area contributed by atoms with Gasteiger partial charge in [0.2, 0.25) is 0 Å². The standard InChI is InChI=1S/C28H37N7O2/c1-5-33-14-16-34(17-15-33)23-9-11-24(12-10-23)35(26-19-25(30-20-31-26)29-13-18-37-4)28(36)32-27-21(2)7-6-8-22(27)3/h6-12,19-20H,5,13-18H2,1-4H3,(H,32,36)(H,29,30,31). The summed E-state index contributed by atoms with van der Waals surface area (Å²) in [5, 5.41) is 6.32. The summed E-state index contributed by atoms with van der Waals surface area (Å²) in [6.45, 7) is 12.5. The average molecular weight is 504 g/mol. The van der Waals surface area contributed by atoms with Crippen molar-refractivity contribution < 1.29 is 9.53 Å². The molecule has 196 valence electrons. The summed E-state index contributed by atoms with van der Waals surface area (Å²) in [6, 6.07) is 15.6. The van der Waals surface area contributed by atoms with Crippen LogP contribution in [0.2, 0.25) is 0 Å². The molecule has 3 aromatic rings. The van der Waals surface area contributed by atoms with Crippen molar-refractivity contribution in [1.82, 2.24) is 14.9 Å². The van der Waals surface area contributed by atoms with Gasteiger partial charge in [-0.25, -0.2) is 19.7 Å². The molecule has 1 aromatic heterocycles. The summed E-state index contributed by atoms with van der Waals surface area (Å²) in [4.78, 5) is 28.9. The van der Waals surface area contributed by atoms with Crippen molar-refractivity contribution in [3.63, 3.8) is 0 Å². The second kappa shape index (κ2) is 12.5. The van der Waals surface area contributed by atoms with E-state index >= 15 is 0 Å². The van der Waals surface area contributed by atoms with E-state index in [9.17, 15) is 4.79 Å². The summed E-state index contributed by atoms with van der Waals surface area (Å²) in [5.41, 5.74) is 4.68. The molecule has 0 radical (unpaired) electrons. The minimum absolute atomic E-state index is 0.289. The minimum Gasteiger partial charge on any atom is -0.383 e. The normalized spacial score (nSPS) is 13.9. The zero-order valence-electron chi connectivity index (χ0n) is 22.2. The van der Waals surface area contributed by atoms with Crippen molar-refractivity contribution in [3.8, 4) is 0 Å². The van der Waals surface area contributed by atoms with Crippen molar-refractivity contribution in [3.05, 3.63) is 66.0 Å². The number of benzene rings is 2.